The molecule has 0 aliphatic heterocycles. The Balaban J connectivity index is -0.0000000300. The summed E-state index contributed by atoms with van der Waals surface area (Å²) in [4.78, 5) is 17.6. The van der Waals surface area contributed by atoms with E-state index in [1.165, 1.54) is 0 Å². The first-order valence-electron chi connectivity index (χ1n) is 1.43. The van der Waals surface area contributed by atoms with Gasteiger partial charge in [-0.25, -0.2) is 9.59 Å². The molecule has 0 heterocycles. The summed E-state index contributed by atoms with van der Waals surface area (Å²) in [5.74, 6) is 0. The minimum absolute atomic E-state index is 0. The van der Waals surface area contributed by atoms with Crippen molar-refractivity contribution < 1.29 is 19.8 Å². The smallest absolute Gasteiger partial charge is 0.402 e. The van der Waals surface area contributed by atoms with E-state index < -0.39 is 12.2 Å². The molecule has 10 heavy (non-hydrogen) atoms. The Bertz CT molecular complexity index is 73.3. The molecule has 0 aliphatic rings. The molecule has 0 aromatic heterocycles. The minimum Gasteiger partial charge on any atom is -0.465 e. The maximum atomic E-state index is 8.78. The first kappa shape index (κ1) is 23.7. The standard InChI is InChI=1S/2CH3NO2.2H3N/c2*2-1(3)4;;/h2*2H2,(H,3,4);2*1H3. The molecule has 0 spiro atoms. The summed E-state index contributed by atoms with van der Waals surface area (Å²) < 4.78 is 0. The predicted octanol–water partition coefficient (Wildman–Crippen LogP) is -0.430. The molecular weight excluding hydrogens is 144 g/mol. The van der Waals surface area contributed by atoms with E-state index in [0.29, 0.717) is 0 Å². The summed E-state index contributed by atoms with van der Waals surface area (Å²) >= 11 is 0. The molecule has 64 valence electrons. The van der Waals surface area contributed by atoms with Gasteiger partial charge in [0.25, 0.3) is 0 Å². The Hall–Kier alpha value is -1.54. The maximum Gasteiger partial charge on any atom is 0.402 e. The van der Waals surface area contributed by atoms with Crippen LogP contribution in [0.15, 0.2) is 0 Å². The Morgan fingerprint density at radius 1 is 0.900 bits per heavy atom. The summed E-state index contributed by atoms with van der Waals surface area (Å²) in [6.45, 7) is 0. The third-order valence-electron chi connectivity index (χ3n) is 0. The van der Waals surface area contributed by atoms with Crippen LogP contribution in [0, 0.1) is 0 Å². The first-order valence-corrected chi connectivity index (χ1v) is 1.43. The number of hydrogen-bond acceptors (Lipinski definition) is 4. The second-order valence-corrected chi connectivity index (χ2v) is 0.676. The fourth-order valence-electron chi connectivity index (χ4n) is 0. The zero-order valence-electron chi connectivity index (χ0n) is 5.28. The Morgan fingerprint density at radius 3 is 0.900 bits per heavy atom. The van der Waals surface area contributed by atoms with Crippen molar-refractivity contribution in [1.82, 2.24) is 12.3 Å². The molecule has 0 bridgehead atoms. The highest BCUT2D eigenvalue weighted by molar-refractivity contribution is 5.61. The second-order valence-electron chi connectivity index (χ2n) is 0.676. The molecule has 0 radical (unpaired) electrons. The number of carboxylic acid groups (broad SMARTS) is 2. The molecule has 0 aromatic carbocycles. The van der Waals surface area contributed by atoms with Crippen molar-refractivity contribution in [3.05, 3.63) is 0 Å². The Morgan fingerprint density at radius 2 is 0.900 bits per heavy atom. The van der Waals surface area contributed by atoms with Gasteiger partial charge in [0, 0.05) is 0 Å². The second kappa shape index (κ2) is 15.7. The number of hydrogen-bond donors (Lipinski definition) is 6. The van der Waals surface area contributed by atoms with Gasteiger partial charge in [-0.2, -0.15) is 0 Å². The molecule has 0 fully saturated rings. The number of primary amides is 2. The lowest BCUT2D eigenvalue weighted by molar-refractivity contribution is 0.204. The van der Waals surface area contributed by atoms with E-state index in [0.717, 1.165) is 0 Å². The van der Waals surface area contributed by atoms with Gasteiger partial charge in [-0.3, -0.25) is 0 Å². The van der Waals surface area contributed by atoms with Crippen molar-refractivity contribution in [3.63, 3.8) is 0 Å². The number of carbonyl (C=O) groups is 2. The molecule has 0 unspecified atom stereocenters. The fourth-order valence-corrected chi connectivity index (χ4v) is 0. The van der Waals surface area contributed by atoms with Gasteiger partial charge in [0.15, 0.2) is 0 Å². The highest BCUT2D eigenvalue weighted by Gasteiger charge is 1.65. The number of rotatable bonds is 0. The van der Waals surface area contributed by atoms with E-state index in [4.69, 9.17) is 19.8 Å². The Kier molecular flexibility index (Phi) is 37.0. The van der Waals surface area contributed by atoms with E-state index in [2.05, 4.69) is 11.5 Å². The molecule has 0 aliphatic carbocycles. The molecular formula is C2H12N4O4. The molecule has 0 atom stereocenters. The average Bonchev–Trinajstić information content (AvgIpc) is 1.25. The van der Waals surface area contributed by atoms with E-state index in [9.17, 15) is 0 Å². The fraction of sp³-hybridized carbons (Fsp3) is 0. The van der Waals surface area contributed by atoms with Crippen molar-refractivity contribution in [3.8, 4) is 0 Å². The zero-order valence-corrected chi connectivity index (χ0v) is 5.28. The number of amides is 2. The molecule has 0 saturated carbocycles. The van der Waals surface area contributed by atoms with Crippen LogP contribution in [0.4, 0.5) is 9.59 Å². The van der Waals surface area contributed by atoms with Gasteiger partial charge in [-0.05, 0) is 0 Å². The summed E-state index contributed by atoms with van der Waals surface area (Å²) in [6, 6.07) is 0. The summed E-state index contributed by atoms with van der Waals surface area (Å²) in [5.41, 5.74) is 8.06. The lowest BCUT2D eigenvalue weighted by Gasteiger charge is -1.61. The lowest BCUT2D eigenvalue weighted by atomic mass is 11.3. The summed E-state index contributed by atoms with van der Waals surface area (Å²) in [7, 11) is 0. The van der Waals surface area contributed by atoms with Crippen molar-refractivity contribution in [1.29, 1.82) is 0 Å². The molecule has 2 amide bonds. The van der Waals surface area contributed by atoms with Gasteiger partial charge < -0.3 is 34.0 Å². The van der Waals surface area contributed by atoms with Gasteiger partial charge in [0.05, 0.1) is 0 Å². The van der Waals surface area contributed by atoms with Gasteiger partial charge in [0.2, 0.25) is 0 Å². The van der Waals surface area contributed by atoms with Gasteiger partial charge in [0.1, 0.15) is 0 Å². The largest absolute Gasteiger partial charge is 0.465 e. The zero-order chi connectivity index (χ0) is 7.15. The van der Waals surface area contributed by atoms with Crippen molar-refractivity contribution in [2.45, 2.75) is 0 Å². The summed E-state index contributed by atoms with van der Waals surface area (Å²) in [5, 5.41) is 14.4. The van der Waals surface area contributed by atoms with Gasteiger partial charge >= 0.3 is 12.2 Å². The average molecular weight is 156 g/mol. The highest BCUT2D eigenvalue weighted by atomic mass is 16.4. The first-order chi connectivity index (χ1) is 3.46. The van der Waals surface area contributed by atoms with Crippen LogP contribution in [0.5, 0.6) is 0 Å². The van der Waals surface area contributed by atoms with Gasteiger partial charge in [-0.1, -0.05) is 0 Å². The Labute approximate surface area is 57.0 Å². The molecule has 8 heteroatoms. The quantitative estimate of drug-likeness (QED) is 0.275. The van der Waals surface area contributed by atoms with E-state index in [1.54, 1.807) is 0 Å². The minimum atomic E-state index is -1.33. The third kappa shape index (κ3) is 81.2. The number of nitrogens with two attached hydrogens (primary N) is 2. The van der Waals surface area contributed by atoms with Crippen LogP contribution in [0.1, 0.15) is 0 Å². The maximum absolute atomic E-state index is 8.78. The van der Waals surface area contributed by atoms with Crippen molar-refractivity contribution in [2.75, 3.05) is 0 Å². The van der Waals surface area contributed by atoms with E-state index >= 15 is 0 Å². The topological polar surface area (TPSA) is 197 Å². The molecule has 8 nitrogen and oxygen atoms in total. The van der Waals surface area contributed by atoms with Crippen LogP contribution >= 0.6 is 0 Å². The lowest BCUT2D eigenvalue weighted by Crippen LogP contribution is -2.03. The van der Waals surface area contributed by atoms with Crippen LogP contribution in [0.25, 0.3) is 0 Å². The van der Waals surface area contributed by atoms with Crippen molar-refractivity contribution >= 4 is 12.2 Å². The van der Waals surface area contributed by atoms with Crippen LogP contribution in [0.2, 0.25) is 0 Å². The van der Waals surface area contributed by atoms with Crippen molar-refractivity contribution in [2.24, 2.45) is 11.5 Å². The normalized spacial score (nSPS) is 4.80. The monoisotopic (exact) mass is 156 g/mol. The SMILES string of the molecule is N.N.NC(=O)O.NC(=O)O. The predicted molar refractivity (Wildman–Crippen MR) is 34.5 cm³/mol. The van der Waals surface area contributed by atoms with E-state index in [1.807, 2.05) is 0 Å². The third-order valence-corrected chi connectivity index (χ3v) is 0. The van der Waals surface area contributed by atoms with Crippen LogP contribution in [-0.4, -0.2) is 22.4 Å². The van der Waals surface area contributed by atoms with Gasteiger partial charge in [-0.15, -0.1) is 0 Å². The van der Waals surface area contributed by atoms with Crippen LogP contribution in [-0.2, 0) is 0 Å². The van der Waals surface area contributed by atoms with E-state index in [-0.39, 0.29) is 12.3 Å². The molecule has 0 aromatic rings. The molecule has 0 saturated heterocycles. The molecule has 12 N–H and O–H groups in total. The van der Waals surface area contributed by atoms with Crippen LogP contribution in [0.3, 0.4) is 0 Å². The summed E-state index contributed by atoms with van der Waals surface area (Å²) in [6.07, 6.45) is -2.67. The van der Waals surface area contributed by atoms with Crippen LogP contribution < -0.4 is 23.8 Å². The molecule has 0 rings (SSSR count). The highest BCUT2D eigenvalue weighted by Crippen LogP contribution is 1.35.